The largest absolute Gasteiger partial charge is 0.452 e. The van der Waals surface area contributed by atoms with Gasteiger partial charge in [0.2, 0.25) is 0 Å². The van der Waals surface area contributed by atoms with Gasteiger partial charge in [-0.25, -0.2) is 4.79 Å². The van der Waals surface area contributed by atoms with Crippen molar-refractivity contribution in [1.82, 2.24) is 5.32 Å². The normalized spacial score (nSPS) is 12.2. The Kier molecular flexibility index (Phi) is 6.04. The molecule has 1 heterocycles. The van der Waals surface area contributed by atoms with E-state index in [-0.39, 0.29) is 18.6 Å². The highest BCUT2D eigenvalue weighted by Gasteiger charge is 2.13. The minimum absolute atomic E-state index is 0.188. The molecule has 1 aromatic heterocycles. The van der Waals surface area contributed by atoms with Gasteiger partial charge in [0.05, 0.1) is 6.04 Å². The zero-order chi connectivity index (χ0) is 19.2. The van der Waals surface area contributed by atoms with Gasteiger partial charge in [0.15, 0.2) is 6.61 Å². The van der Waals surface area contributed by atoms with Crippen LogP contribution in [0.3, 0.4) is 0 Å². The molecule has 138 valence electrons. The Morgan fingerprint density at radius 3 is 2.70 bits per heavy atom. The van der Waals surface area contributed by atoms with Gasteiger partial charge >= 0.3 is 5.97 Å². The van der Waals surface area contributed by atoms with Crippen LogP contribution in [0.5, 0.6) is 0 Å². The summed E-state index contributed by atoms with van der Waals surface area (Å²) in [4.78, 5) is 24.9. The van der Waals surface area contributed by atoms with E-state index in [9.17, 15) is 9.59 Å². The van der Waals surface area contributed by atoms with Gasteiger partial charge in [0.1, 0.15) is 0 Å². The van der Waals surface area contributed by atoms with Crippen LogP contribution in [0.15, 0.2) is 60.0 Å². The predicted octanol–water partition coefficient (Wildman–Crippen LogP) is 4.64. The number of amides is 1. The molecule has 27 heavy (non-hydrogen) atoms. The van der Waals surface area contributed by atoms with Gasteiger partial charge in [-0.05, 0) is 53.3 Å². The van der Waals surface area contributed by atoms with Gasteiger partial charge in [0, 0.05) is 11.0 Å². The van der Waals surface area contributed by atoms with Crippen molar-refractivity contribution >= 4 is 40.1 Å². The van der Waals surface area contributed by atoms with E-state index in [0.29, 0.717) is 0 Å². The van der Waals surface area contributed by atoms with Crippen molar-refractivity contribution in [1.29, 1.82) is 0 Å². The van der Waals surface area contributed by atoms with E-state index >= 15 is 0 Å². The van der Waals surface area contributed by atoms with E-state index in [1.54, 1.807) is 17.4 Å². The van der Waals surface area contributed by atoms with Gasteiger partial charge in [-0.15, -0.1) is 11.3 Å². The summed E-state index contributed by atoms with van der Waals surface area (Å²) in [6.45, 7) is 3.59. The Hall–Kier alpha value is -2.92. The first-order valence-electron chi connectivity index (χ1n) is 8.70. The minimum Gasteiger partial charge on any atom is -0.452 e. The Morgan fingerprint density at radius 1 is 1.15 bits per heavy atom. The average Bonchev–Trinajstić information content (AvgIpc) is 3.09. The van der Waals surface area contributed by atoms with E-state index < -0.39 is 5.97 Å². The maximum absolute atomic E-state index is 12.1. The number of esters is 1. The first-order valence-corrected chi connectivity index (χ1v) is 9.58. The summed E-state index contributed by atoms with van der Waals surface area (Å²) in [5.41, 5.74) is 2.13. The molecule has 0 fully saturated rings. The van der Waals surface area contributed by atoms with Crippen molar-refractivity contribution in [2.75, 3.05) is 6.61 Å². The summed E-state index contributed by atoms with van der Waals surface area (Å²) in [6, 6.07) is 15.8. The monoisotopic (exact) mass is 379 g/mol. The van der Waals surface area contributed by atoms with Gasteiger partial charge in [-0.3, -0.25) is 4.79 Å². The summed E-state index contributed by atoms with van der Waals surface area (Å²) in [5, 5.41) is 7.06. The molecular weight excluding hydrogens is 358 g/mol. The zero-order valence-corrected chi connectivity index (χ0v) is 16.1. The van der Waals surface area contributed by atoms with Gasteiger partial charge in [-0.2, -0.15) is 0 Å². The van der Waals surface area contributed by atoms with E-state index in [1.165, 1.54) is 6.08 Å². The molecule has 3 rings (SSSR count). The van der Waals surface area contributed by atoms with E-state index in [4.69, 9.17) is 4.74 Å². The number of ether oxygens (including phenoxy) is 1. The first kappa shape index (κ1) is 18.9. The number of hydrogen-bond donors (Lipinski definition) is 1. The summed E-state index contributed by atoms with van der Waals surface area (Å²) < 4.78 is 5.03. The first-order chi connectivity index (χ1) is 13.0. The Labute approximate surface area is 162 Å². The summed E-state index contributed by atoms with van der Waals surface area (Å²) in [6.07, 6.45) is 3.05. The van der Waals surface area contributed by atoms with Gasteiger partial charge in [0.25, 0.3) is 5.91 Å². The van der Waals surface area contributed by atoms with Crippen LogP contribution in [0.25, 0.3) is 16.8 Å². The van der Waals surface area contributed by atoms with Crippen molar-refractivity contribution in [2.45, 2.75) is 19.9 Å². The van der Waals surface area contributed by atoms with Crippen LogP contribution in [0.2, 0.25) is 0 Å². The third-order valence-electron chi connectivity index (χ3n) is 4.29. The Morgan fingerprint density at radius 2 is 1.93 bits per heavy atom. The number of benzene rings is 2. The molecule has 1 N–H and O–H groups in total. The molecule has 0 unspecified atom stereocenters. The van der Waals surface area contributed by atoms with E-state index in [2.05, 4.69) is 5.32 Å². The third kappa shape index (κ3) is 4.83. The second-order valence-electron chi connectivity index (χ2n) is 6.27. The smallest absolute Gasteiger partial charge is 0.331 e. The number of hydrogen-bond acceptors (Lipinski definition) is 4. The quantitative estimate of drug-likeness (QED) is 0.501. The number of carbonyl (C=O) groups excluding carboxylic acids is 2. The summed E-state index contributed by atoms with van der Waals surface area (Å²) >= 11 is 1.55. The fourth-order valence-corrected chi connectivity index (χ4v) is 3.69. The van der Waals surface area contributed by atoms with Crippen molar-refractivity contribution < 1.29 is 14.3 Å². The molecular formula is C22H21NO3S. The molecule has 0 aliphatic rings. The number of rotatable bonds is 6. The highest BCUT2D eigenvalue weighted by Crippen LogP contribution is 2.24. The molecule has 0 saturated carbocycles. The number of carbonyl (C=O) groups is 2. The van der Waals surface area contributed by atoms with E-state index in [1.807, 2.05) is 67.8 Å². The molecule has 4 nitrogen and oxygen atoms in total. The number of thiophene rings is 1. The molecule has 2 aromatic carbocycles. The molecule has 3 aromatic rings. The van der Waals surface area contributed by atoms with Crippen molar-refractivity contribution in [3.63, 3.8) is 0 Å². The predicted molar refractivity (Wildman–Crippen MR) is 110 cm³/mol. The van der Waals surface area contributed by atoms with Crippen molar-refractivity contribution in [3.8, 4) is 0 Å². The maximum Gasteiger partial charge on any atom is 0.331 e. The SMILES string of the molecule is Cc1ccsc1/C=C/C(=O)OCC(=O)N[C@H](C)c1cccc2ccccc12. The molecule has 1 amide bonds. The van der Waals surface area contributed by atoms with Crippen LogP contribution in [-0.4, -0.2) is 18.5 Å². The molecule has 0 spiro atoms. The van der Waals surface area contributed by atoms with Crippen molar-refractivity contribution in [2.24, 2.45) is 0 Å². The molecule has 0 saturated heterocycles. The lowest BCUT2D eigenvalue weighted by molar-refractivity contribution is -0.144. The highest BCUT2D eigenvalue weighted by atomic mass is 32.1. The van der Waals surface area contributed by atoms with Crippen LogP contribution in [-0.2, 0) is 14.3 Å². The van der Waals surface area contributed by atoms with Crippen LogP contribution in [0.4, 0.5) is 0 Å². The fourth-order valence-electron chi connectivity index (χ4n) is 2.87. The molecule has 1 atom stereocenters. The van der Waals surface area contributed by atoms with Crippen molar-refractivity contribution in [3.05, 3.63) is 76.0 Å². The second-order valence-corrected chi connectivity index (χ2v) is 7.21. The number of nitrogens with one attached hydrogen (secondary N) is 1. The average molecular weight is 379 g/mol. The fraction of sp³-hybridized carbons (Fsp3) is 0.182. The number of aryl methyl sites for hydroxylation is 1. The molecule has 5 heteroatoms. The Balaban J connectivity index is 1.55. The van der Waals surface area contributed by atoms with Gasteiger partial charge < -0.3 is 10.1 Å². The lowest BCUT2D eigenvalue weighted by Gasteiger charge is -2.16. The topological polar surface area (TPSA) is 55.4 Å². The minimum atomic E-state index is -0.532. The van der Waals surface area contributed by atoms with E-state index in [0.717, 1.165) is 26.8 Å². The lowest BCUT2D eigenvalue weighted by Crippen LogP contribution is -2.31. The lowest BCUT2D eigenvalue weighted by atomic mass is 10.00. The summed E-state index contributed by atoms with van der Waals surface area (Å²) in [7, 11) is 0. The molecule has 0 radical (unpaired) electrons. The van der Waals surface area contributed by atoms with Crippen LogP contribution in [0, 0.1) is 6.92 Å². The van der Waals surface area contributed by atoms with Crippen LogP contribution in [0.1, 0.15) is 29.0 Å². The Bertz CT molecular complexity index is 985. The summed E-state index contributed by atoms with van der Waals surface area (Å²) in [5.74, 6) is -0.861. The van der Waals surface area contributed by atoms with Crippen LogP contribution >= 0.6 is 11.3 Å². The third-order valence-corrected chi connectivity index (χ3v) is 5.27. The number of fused-ring (bicyclic) bond motifs is 1. The molecule has 0 aliphatic heterocycles. The van der Waals surface area contributed by atoms with Gasteiger partial charge in [-0.1, -0.05) is 42.5 Å². The maximum atomic E-state index is 12.1. The molecule has 0 aliphatic carbocycles. The molecule has 0 bridgehead atoms. The highest BCUT2D eigenvalue weighted by molar-refractivity contribution is 7.11. The standard InChI is InChI=1S/C22H21NO3S/c1-15-12-13-27-20(15)10-11-22(25)26-14-21(24)23-16(2)18-9-5-7-17-6-3-4-8-19(17)18/h3-13,16H,14H2,1-2H3,(H,23,24)/b11-10+/t16-/m1/s1. The second kappa shape index (κ2) is 8.64. The van der Waals surface area contributed by atoms with Crippen LogP contribution < -0.4 is 5.32 Å². The zero-order valence-electron chi connectivity index (χ0n) is 15.3.